The van der Waals surface area contributed by atoms with Crippen LogP contribution in [-0.2, 0) is 9.53 Å². The van der Waals surface area contributed by atoms with Crippen LogP contribution in [-0.4, -0.2) is 59.0 Å². The minimum absolute atomic E-state index is 0.0188. The Bertz CT molecular complexity index is 1090. The number of aryl methyl sites for hydroxylation is 1. The third kappa shape index (κ3) is 5.43. The number of rotatable bonds is 7. The summed E-state index contributed by atoms with van der Waals surface area (Å²) in [5.74, 6) is -0.533. The molecule has 1 saturated heterocycles. The highest BCUT2D eigenvalue weighted by molar-refractivity contribution is 5.91. The van der Waals surface area contributed by atoms with E-state index < -0.39 is 11.6 Å². The molecule has 0 saturated carbocycles. The summed E-state index contributed by atoms with van der Waals surface area (Å²) >= 11 is 0. The number of hydrogen-bond acceptors (Lipinski definition) is 6. The lowest BCUT2D eigenvalue weighted by Gasteiger charge is -2.26. The summed E-state index contributed by atoms with van der Waals surface area (Å²) in [7, 11) is 0. The summed E-state index contributed by atoms with van der Waals surface area (Å²) in [5, 5.41) is 22.6. The molecule has 1 aliphatic rings. The van der Waals surface area contributed by atoms with Gasteiger partial charge in [0.25, 0.3) is 0 Å². The average molecular weight is 439 g/mol. The number of aromatic hydroxyl groups is 1. The first-order valence-corrected chi connectivity index (χ1v) is 10.5. The minimum Gasteiger partial charge on any atom is -0.505 e. The second kappa shape index (κ2) is 9.80. The fourth-order valence-electron chi connectivity index (χ4n) is 3.54. The molecule has 1 fully saturated rings. The van der Waals surface area contributed by atoms with E-state index in [-0.39, 0.29) is 5.91 Å². The van der Waals surface area contributed by atoms with Gasteiger partial charge in [0.1, 0.15) is 0 Å². The van der Waals surface area contributed by atoms with Crippen LogP contribution in [0.15, 0.2) is 42.5 Å². The molecule has 0 spiro atoms. The predicted octanol–water partition coefficient (Wildman–Crippen LogP) is 3.63. The Morgan fingerprint density at radius 2 is 2.03 bits per heavy atom. The number of aromatic amines is 1. The maximum atomic E-state index is 13.6. The van der Waals surface area contributed by atoms with E-state index in [1.54, 1.807) is 12.1 Å². The van der Waals surface area contributed by atoms with Crippen LogP contribution in [0.1, 0.15) is 12.0 Å². The Hall–Kier alpha value is -3.43. The number of carbonyl (C=O) groups excluding carboxylic acids is 1. The van der Waals surface area contributed by atoms with Crippen LogP contribution < -0.4 is 10.6 Å². The fourth-order valence-corrected chi connectivity index (χ4v) is 3.54. The minimum atomic E-state index is -0.690. The standard InChI is InChI=1S/C23H26FN5O3/c1-15-12-17(25-23(31)6-7-29-8-10-32-11-9-29)3-4-19(15)26-22-14-20(27-28-22)16-2-5-21(30)18(24)13-16/h2-5,12-14,30H,6-11H2,1H3,(H,25,31)(H2,26,27,28). The number of amides is 1. The van der Waals surface area contributed by atoms with Gasteiger partial charge in [-0.3, -0.25) is 14.8 Å². The lowest BCUT2D eigenvalue weighted by Crippen LogP contribution is -2.38. The number of aromatic nitrogens is 2. The van der Waals surface area contributed by atoms with Crippen LogP contribution in [0, 0.1) is 12.7 Å². The topological polar surface area (TPSA) is 103 Å². The zero-order valence-corrected chi connectivity index (χ0v) is 17.8. The van der Waals surface area contributed by atoms with Gasteiger partial charge in [0, 0.05) is 49.1 Å². The molecule has 4 rings (SSSR count). The lowest BCUT2D eigenvalue weighted by atomic mass is 10.1. The van der Waals surface area contributed by atoms with Crippen molar-refractivity contribution in [2.45, 2.75) is 13.3 Å². The number of morpholine rings is 1. The first-order valence-electron chi connectivity index (χ1n) is 10.5. The summed E-state index contributed by atoms with van der Waals surface area (Å²) in [5.41, 5.74) is 3.71. The molecule has 0 bridgehead atoms. The molecule has 2 heterocycles. The Morgan fingerprint density at radius 1 is 1.22 bits per heavy atom. The fraction of sp³-hybridized carbons (Fsp3) is 0.304. The number of nitrogens with zero attached hydrogens (tertiary/aromatic N) is 2. The second-order valence-corrected chi connectivity index (χ2v) is 7.74. The molecule has 0 aliphatic carbocycles. The lowest BCUT2D eigenvalue weighted by molar-refractivity contribution is -0.116. The molecule has 168 valence electrons. The monoisotopic (exact) mass is 439 g/mol. The molecular formula is C23H26FN5O3. The molecule has 3 aromatic rings. The number of ether oxygens (including phenoxy) is 1. The molecule has 4 N–H and O–H groups in total. The molecule has 0 unspecified atom stereocenters. The van der Waals surface area contributed by atoms with E-state index in [1.165, 1.54) is 12.1 Å². The number of H-pyrrole nitrogens is 1. The maximum Gasteiger partial charge on any atom is 0.225 e. The van der Waals surface area contributed by atoms with Crippen molar-refractivity contribution in [1.82, 2.24) is 15.1 Å². The van der Waals surface area contributed by atoms with Gasteiger partial charge in [-0.1, -0.05) is 0 Å². The summed E-state index contributed by atoms with van der Waals surface area (Å²) in [6.07, 6.45) is 0.437. The molecule has 0 radical (unpaired) electrons. The first kappa shape index (κ1) is 21.8. The highest BCUT2D eigenvalue weighted by Crippen LogP contribution is 2.27. The number of halogens is 1. The SMILES string of the molecule is Cc1cc(NC(=O)CCN2CCOCC2)ccc1Nc1cc(-c2ccc(O)c(F)c2)[nH]n1. The van der Waals surface area contributed by atoms with E-state index in [4.69, 9.17) is 4.74 Å². The van der Waals surface area contributed by atoms with Gasteiger partial charge in [-0.05, 0) is 48.9 Å². The Kier molecular flexibility index (Phi) is 6.67. The molecular weight excluding hydrogens is 413 g/mol. The van der Waals surface area contributed by atoms with Crippen molar-refractivity contribution >= 4 is 23.1 Å². The zero-order chi connectivity index (χ0) is 22.5. The van der Waals surface area contributed by atoms with Gasteiger partial charge in [-0.2, -0.15) is 5.10 Å². The molecule has 1 aromatic heterocycles. The molecule has 1 aliphatic heterocycles. The van der Waals surface area contributed by atoms with Crippen LogP contribution in [0.2, 0.25) is 0 Å². The number of benzene rings is 2. The Labute approximate surface area is 185 Å². The number of hydrogen-bond donors (Lipinski definition) is 4. The largest absolute Gasteiger partial charge is 0.505 e. The van der Waals surface area contributed by atoms with Gasteiger partial charge in [-0.15, -0.1) is 0 Å². The van der Waals surface area contributed by atoms with Crippen molar-refractivity contribution in [3.63, 3.8) is 0 Å². The van der Waals surface area contributed by atoms with E-state index in [2.05, 4.69) is 25.7 Å². The van der Waals surface area contributed by atoms with E-state index in [0.717, 1.165) is 49.8 Å². The number of nitrogens with one attached hydrogen (secondary N) is 3. The summed E-state index contributed by atoms with van der Waals surface area (Å²) in [6.45, 7) is 5.83. The highest BCUT2D eigenvalue weighted by atomic mass is 19.1. The van der Waals surface area contributed by atoms with Crippen molar-refractivity contribution in [1.29, 1.82) is 0 Å². The molecule has 1 amide bonds. The molecule has 9 heteroatoms. The third-order valence-corrected chi connectivity index (χ3v) is 5.37. The van der Waals surface area contributed by atoms with Crippen LogP contribution in [0.4, 0.5) is 21.6 Å². The smallest absolute Gasteiger partial charge is 0.225 e. The third-order valence-electron chi connectivity index (χ3n) is 5.37. The molecule has 8 nitrogen and oxygen atoms in total. The Morgan fingerprint density at radius 3 is 2.78 bits per heavy atom. The number of anilines is 3. The van der Waals surface area contributed by atoms with Gasteiger partial charge in [0.2, 0.25) is 5.91 Å². The average Bonchev–Trinajstić information content (AvgIpc) is 3.25. The van der Waals surface area contributed by atoms with E-state index in [1.807, 2.05) is 25.1 Å². The molecule has 32 heavy (non-hydrogen) atoms. The van der Waals surface area contributed by atoms with E-state index in [9.17, 15) is 14.3 Å². The quantitative estimate of drug-likeness (QED) is 0.448. The normalized spacial score (nSPS) is 14.3. The number of phenols is 1. The van der Waals surface area contributed by atoms with Crippen molar-refractivity contribution < 1.29 is 19.0 Å². The van der Waals surface area contributed by atoms with Crippen molar-refractivity contribution in [3.05, 3.63) is 53.8 Å². The van der Waals surface area contributed by atoms with Gasteiger partial charge in [0.05, 0.1) is 18.9 Å². The second-order valence-electron chi connectivity index (χ2n) is 7.74. The summed E-state index contributed by atoms with van der Waals surface area (Å²) in [6, 6.07) is 11.5. The van der Waals surface area contributed by atoms with Gasteiger partial charge < -0.3 is 20.5 Å². The van der Waals surface area contributed by atoms with Crippen molar-refractivity contribution in [3.8, 4) is 17.0 Å². The first-order chi connectivity index (χ1) is 15.5. The van der Waals surface area contributed by atoms with E-state index in [0.29, 0.717) is 23.5 Å². The van der Waals surface area contributed by atoms with Crippen molar-refractivity contribution in [2.75, 3.05) is 43.5 Å². The molecule has 0 atom stereocenters. The van der Waals surface area contributed by atoms with Crippen molar-refractivity contribution in [2.24, 2.45) is 0 Å². The van der Waals surface area contributed by atoms with Crippen LogP contribution in [0.5, 0.6) is 5.75 Å². The van der Waals surface area contributed by atoms with Crippen LogP contribution in [0.3, 0.4) is 0 Å². The maximum absolute atomic E-state index is 13.6. The summed E-state index contributed by atoms with van der Waals surface area (Å²) in [4.78, 5) is 14.5. The van der Waals surface area contributed by atoms with Gasteiger partial charge >= 0.3 is 0 Å². The van der Waals surface area contributed by atoms with Crippen LogP contribution in [0.25, 0.3) is 11.3 Å². The van der Waals surface area contributed by atoms with E-state index >= 15 is 0 Å². The Balaban J connectivity index is 1.34. The van der Waals surface area contributed by atoms with Gasteiger partial charge in [0.15, 0.2) is 17.4 Å². The molecule has 2 aromatic carbocycles. The highest BCUT2D eigenvalue weighted by Gasteiger charge is 2.13. The van der Waals surface area contributed by atoms with Crippen LogP contribution >= 0.6 is 0 Å². The zero-order valence-electron chi connectivity index (χ0n) is 17.8. The number of carbonyl (C=O) groups is 1. The predicted molar refractivity (Wildman–Crippen MR) is 121 cm³/mol. The summed E-state index contributed by atoms with van der Waals surface area (Å²) < 4.78 is 18.9. The number of phenolic OH excluding ortho intramolecular Hbond substituents is 1. The van der Waals surface area contributed by atoms with Gasteiger partial charge in [-0.25, -0.2) is 4.39 Å².